The van der Waals surface area contributed by atoms with Gasteiger partial charge in [0.05, 0.1) is 28.1 Å². The van der Waals surface area contributed by atoms with Crippen LogP contribution in [0, 0.1) is 16.7 Å². The average molecular weight is 309 g/mol. The third-order valence-corrected chi connectivity index (χ3v) is 4.11. The van der Waals surface area contributed by atoms with Gasteiger partial charge in [0.1, 0.15) is 0 Å². The Morgan fingerprint density at radius 3 is 2.67 bits per heavy atom. The predicted molar refractivity (Wildman–Crippen MR) is 84.3 cm³/mol. The lowest BCUT2D eigenvalue weighted by Gasteiger charge is -2.35. The number of anilines is 1. The minimum Gasteiger partial charge on any atom is -0.367 e. The Balaban J connectivity index is 3.16. The summed E-state index contributed by atoms with van der Waals surface area (Å²) in [4.78, 5) is 17.5. The van der Waals surface area contributed by atoms with Crippen molar-refractivity contribution in [2.24, 2.45) is 11.1 Å². The molecule has 1 aromatic rings. The fraction of sp³-hybridized carbons (Fsp3) is 0.533. The van der Waals surface area contributed by atoms with Crippen molar-refractivity contribution in [1.29, 1.82) is 5.26 Å². The molecule has 1 amide bonds. The first kappa shape index (κ1) is 17.3. The lowest BCUT2D eigenvalue weighted by Crippen LogP contribution is -2.41. The summed E-state index contributed by atoms with van der Waals surface area (Å²) in [7, 11) is 0. The molecule has 0 fully saturated rings. The third-order valence-electron chi connectivity index (χ3n) is 3.42. The van der Waals surface area contributed by atoms with Crippen LogP contribution in [-0.4, -0.2) is 28.9 Å². The van der Waals surface area contributed by atoms with Crippen LogP contribution in [0.5, 0.6) is 0 Å². The van der Waals surface area contributed by atoms with Crippen LogP contribution in [-0.2, 0) is 0 Å². The van der Waals surface area contributed by atoms with Gasteiger partial charge in [0.25, 0.3) is 5.91 Å². The van der Waals surface area contributed by atoms with E-state index in [2.05, 4.69) is 11.1 Å². The second kappa shape index (κ2) is 6.77. The van der Waals surface area contributed by atoms with Crippen LogP contribution in [0.15, 0.2) is 18.5 Å². The minimum atomic E-state index is -0.672. The number of nitrogens with two attached hydrogens (primary N) is 1. The molecule has 21 heavy (non-hydrogen) atoms. The molecule has 0 aliphatic heterocycles. The summed E-state index contributed by atoms with van der Waals surface area (Å²) < 4.78 is 0. The van der Waals surface area contributed by atoms with Gasteiger partial charge >= 0.3 is 0 Å². The topological polar surface area (TPSA) is 83.0 Å². The number of hydrogen-bond donors (Lipinski definition) is 1. The second-order valence-corrected chi connectivity index (χ2v) is 6.33. The van der Waals surface area contributed by atoms with E-state index in [0.717, 1.165) is 0 Å². The van der Waals surface area contributed by atoms with Crippen molar-refractivity contribution in [2.45, 2.75) is 39.1 Å². The Kier molecular flexibility index (Phi) is 5.56. The Morgan fingerprint density at radius 2 is 2.19 bits per heavy atom. The highest BCUT2D eigenvalue weighted by atomic mass is 35.5. The molecule has 0 spiro atoms. The zero-order valence-corrected chi connectivity index (χ0v) is 13.6. The van der Waals surface area contributed by atoms with Gasteiger partial charge in [-0.2, -0.15) is 5.26 Å². The highest BCUT2D eigenvalue weighted by Gasteiger charge is 2.31. The normalized spacial score (nSPS) is 12.8. The standard InChI is InChI=1S/C15H21ClN4O/c1-10(2)20(8-13(16)15(3,4)9-17)12-5-6-19-7-11(12)14(18)21/h5-7,10,13H,8H2,1-4H3,(H2,18,21). The summed E-state index contributed by atoms with van der Waals surface area (Å²) in [5.74, 6) is -0.533. The molecular formula is C15H21ClN4O. The maximum absolute atomic E-state index is 11.6. The van der Waals surface area contributed by atoms with E-state index < -0.39 is 16.7 Å². The fourth-order valence-corrected chi connectivity index (χ4v) is 2.08. The Morgan fingerprint density at radius 1 is 1.57 bits per heavy atom. The molecule has 5 nitrogen and oxygen atoms in total. The number of halogens is 1. The van der Waals surface area contributed by atoms with Crippen molar-refractivity contribution in [3.8, 4) is 6.07 Å². The van der Waals surface area contributed by atoms with Crippen LogP contribution in [0.3, 0.4) is 0 Å². The molecule has 0 saturated heterocycles. The van der Waals surface area contributed by atoms with Gasteiger partial charge in [-0.3, -0.25) is 9.78 Å². The SMILES string of the molecule is CC(C)N(CC(Cl)C(C)(C)C#N)c1ccncc1C(N)=O. The Labute approximate surface area is 130 Å². The highest BCUT2D eigenvalue weighted by Crippen LogP contribution is 2.29. The summed E-state index contributed by atoms with van der Waals surface area (Å²) in [5, 5.41) is 8.80. The molecule has 2 N–H and O–H groups in total. The number of rotatable bonds is 6. The van der Waals surface area contributed by atoms with Crippen LogP contribution in [0.25, 0.3) is 0 Å². The van der Waals surface area contributed by atoms with E-state index in [4.69, 9.17) is 17.3 Å². The van der Waals surface area contributed by atoms with Gasteiger partial charge in [0.2, 0.25) is 0 Å². The number of primary amides is 1. The van der Waals surface area contributed by atoms with E-state index in [9.17, 15) is 10.1 Å². The highest BCUT2D eigenvalue weighted by molar-refractivity contribution is 6.21. The summed E-state index contributed by atoms with van der Waals surface area (Å²) in [6, 6.07) is 4.05. The number of nitrogens with zero attached hydrogens (tertiary/aromatic N) is 3. The number of alkyl halides is 1. The molecule has 1 heterocycles. The maximum Gasteiger partial charge on any atom is 0.252 e. The zero-order valence-electron chi connectivity index (χ0n) is 12.8. The molecule has 0 radical (unpaired) electrons. The van der Waals surface area contributed by atoms with Gasteiger partial charge in [-0.25, -0.2) is 0 Å². The summed E-state index contributed by atoms with van der Waals surface area (Å²) in [5.41, 5.74) is 5.77. The van der Waals surface area contributed by atoms with Crippen molar-refractivity contribution in [2.75, 3.05) is 11.4 Å². The smallest absolute Gasteiger partial charge is 0.252 e. The van der Waals surface area contributed by atoms with Crippen LogP contribution in [0.1, 0.15) is 38.1 Å². The Bertz CT molecular complexity index is 551. The van der Waals surface area contributed by atoms with Crippen LogP contribution >= 0.6 is 11.6 Å². The van der Waals surface area contributed by atoms with Crippen molar-refractivity contribution in [3.05, 3.63) is 24.0 Å². The molecule has 0 saturated carbocycles. The van der Waals surface area contributed by atoms with Crippen LogP contribution in [0.4, 0.5) is 5.69 Å². The average Bonchev–Trinajstić information content (AvgIpc) is 2.43. The van der Waals surface area contributed by atoms with Gasteiger partial charge in [0.15, 0.2) is 0 Å². The number of nitriles is 1. The van der Waals surface area contributed by atoms with Gasteiger partial charge in [-0.05, 0) is 33.8 Å². The largest absolute Gasteiger partial charge is 0.367 e. The van der Waals surface area contributed by atoms with Gasteiger partial charge in [0, 0.05) is 25.0 Å². The van der Waals surface area contributed by atoms with E-state index in [-0.39, 0.29) is 6.04 Å². The first-order chi connectivity index (χ1) is 9.70. The quantitative estimate of drug-likeness (QED) is 0.819. The van der Waals surface area contributed by atoms with E-state index in [1.807, 2.05) is 18.7 Å². The molecule has 1 rings (SSSR count). The van der Waals surface area contributed by atoms with Gasteiger partial charge in [-0.15, -0.1) is 11.6 Å². The van der Waals surface area contributed by atoms with Crippen molar-refractivity contribution in [1.82, 2.24) is 4.98 Å². The monoisotopic (exact) mass is 308 g/mol. The number of carbonyl (C=O) groups excluding carboxylic acids is 1. The summed E-state index contributed by atoms with van der Waals surface area (Å²) in [6.07, 6.45) is 3.06. The van der Waals surface area contributed by atoms with E-state index in [0.29, 0.717) is 17.8 Å². The van der Waals surface area contributed by atoms with Gasteiger partial charge < -0.3 is 10.6 Å². The maximum atomic E-state index is 11.6. The molecule has 1 aromatic heterocycles. The zero-order chi connectivity index (χ0) is 16.2. The number of amides is 1. The van der Waals surface area contributed by atoms with Gasteiger partial charge in [-0.1, -0.05) is 0 Å². The number of carbonyl (C=O) groups is 1. The molecule has 6 heteroatoms. The molecule has 0 aliphatic carbocycles. The molecule has 1 atom stereocenters. The van der Waals surface area contributed by atoms with Crippen molar-refractivity contribution in [3.63, 3.8) is 0 Å². The first-order valence-corrected chi connectivity index (χ1v) is 7.20. The van der Waals surface area contributed by atoms with Crippen LogP contribution < -0.4 is 10.6 Å². The lowest BCUT2D eigenvalue weighted by molar-refractivity contribution is 0.100. The molecular weight excluding hydrogens is 288 g/mol. The van der Waals surface area contributed by atoms with E-state index >= 15 is 0 Å². The Hall–Kier alpha value is -1.80. The van der Waals surface area contributed by atoms with Crippen molar-refractivity contribution < 1.29 is 4.79 Å². The van der Waals surface area contributed by atoms with Crippen LogP contribution in [0.2, 0.25) is 0 Å². The molecule has 0 aliphatic rings. The minimum absolute atomic E-state index is 0.0984. The van der Waals surface area contributed by atoms with E-state index in [1.54, 1.807) is 26.1 Å². The fourth-order valence-electron chi connectivity index (χ4n) is 1.89. The first-order valence-electron chi connectivity index (χ1n) is 6.76. The number of hydrogen-bond acceptors (Lipinski definition) is 4. The second-order valence-electron chi connectivity index (χ2n) is 5.80. The summed E-state index contributed by atoms with van der Waals surface area (Å²) in [6.45, 7) is 8.02. The molecule has 0 bridgehead atoms. The third kappa shape index (κ3) is 4.08. The molecule has 1 unspecified atom stereocenters. The molecule has 0 aromatic carbocycles. The number of aromatic nitrogens is 1. The number of pyridine rings is 1. The molecule has 114 valence electrons. The van der Waals surface area contributed by atoms with E-state index in [1.165, 1.54) is 6.20 Å². The summed E-state index contributed by atoms with van der Waals surface area (Å²) >= 11 is 6.40. The lowest BCUT2D eigenvalue weighted by atomic mass is 9.90. The predicted octanol–water partition coefficient (Wildman–Crippen LogP) is 2.55. The van der Waals surface area contributed by atoms with Crippen molar-refractivity contribution >= 4 is 23.2 Å².